The first-order chi connectivity index (χ1) is 28.2. The van der Waals surface area contributed by atoms with Crippen molar-refractivity contribution in [2.24, 2.45) is 0 Å². The van der Waals surface area contributed by atoms with Crippen molar-refractivity contribution in [3.8, 4) is 44.5 Å². The molecule has 0 saturated heterocycles. The van der Waals surface area contributed by atoms with Gasteiger partial charge in [0.15, 0.2) is 0 Å². The lowest BCUT2D eigenvalue weighted by Gasteiger charge is -2.27. The molecule has 11 aromatic rings. The molecule has 57 heavy (non-hydrogen) atoms. The van der Waals surface area contributed by atoms with Crippen LogP contribution in [0.2, 0.25) is 0 Å². The largest absolute Gasteiger partial charge is 0.456 e. The van der Waals surface area contributed by atoms with E-state index in [0.717, 1.165) is 83.2 Å². The summed E-state index contributed by atoms with van der Waals surface area (Å²) in [7, 11) is 0. The SMILES string of the molecule is c1ccc(-c2ccc(N(c3ccc(-c4ccccc4)cc3)c3cc(-c4ccc5oc6ccccc6c5c4)cc(-c4ccc5oc6ccccc6c5c4)c3)cc2)cc1. The molecule has 0 atom stereocenters. The molecule has 0 saturated carbocycles. The fourth-order valence-corrected chi connectivity index (χ4v) is 8.20. The fraction of sp³-hybridized carbons (Fsp3) is 0. The van der Waals surface area contributed by atoms with Gasteiger partial charge in [0.25, 0.3) is 0 Å². The summed E-state index contributed by atoms with van der Waals surface area (Å²) in [6.45, 7) is 0. The molecule has 0 aliphatic heterocycles. The first kappa shape index (κ1) is 32.8. The predicted molar refractivity (Wildman–Crippen MR) is 237 cm³/mol. The molecule has 0 bridgehead atoms. The Labute approximate surface area is 330 Å². The molecule has 0 fully saturated rings. The molecule has 3 nitrogen and oxygen atoms in total. The zero-order valence-corrected chi connectivity index (χ0v) is 31.0. The van der Waals surface area contributed by atoms with Crippen LogP contribution in [0.25, 0.3) is 88.4 Å². The van der Waals surface area contributed by atoms with Gasteiger partial charge in [0.2, 0.25) is 0 Å². The summed E-state index contributed by atoms with van der Waals surface area (Å²) in [4.78, 5) is 2.37. The molecule has 268 valence electrons. The quantitative estimate of drug-likeness (QED) is 0.164. The second kappa shape index (κ2) is 13.6. The smallest absolute Gasteiger partial charge is 0.135 e. The van der Waals surface area contributed by atoms with Gasteiger partial charge in [-0.1, -0.05) is 133 Å². The molecule has 2 aromatic heterocycles. The lowest BCUT2D eigenvalue weighted by molar-refractivity contribution is 0.668. The first-order valence-electron chi connectivity index (χ1n) is 19.3. The summed E-state index contributed by atoms with van der Waals surface area (Å²) in [6, 6.07) is 75.4. The lowest BCUT2D eigenvalue weighted by Crippen LogP contribution is -2.10. The topological polar surface area (TPSA) is 29.5 Å². The Morgan fingerprint density at radius 2 is 0.596 bits per heavy atom. The predicted octanol–water partition coefficient (Wildman–Crippen LogP) is 15.6. The summed E-state index contributed by atoms with van der Waals surface area (Å²) in [6.07, 6.45) is 0. The van der Waals surface area contributed by atoms with Crippen LogP contribution in [0.3, 0.4) is 0 Å². The number of hydrogen-bond donors (Lipinski definition) is 0. The molecule has 0 amide bonds. The molecule has 9 aromatic carbocycles. The van der Waals surface area contributed by atoms with E-state index in [1.54, 1.807) is 0 Å². The number of rotatable bonds is 7. The van der Waals surface area contributed by atoms with Crippen LogP contribution in [0.15, 0.2) is 221 Å². The molecular formula is C54H35NO2. The van der Waals surface area contributed by atoms with Crippen molar-refractivity contribution in [2.45, 2.75) is 0 Å². The summed E-state index contributed by atoms with van der Waals surface area (Å²) in [5.74, 6) is 0. The molecule has 0 N–H and O–H groups in total. The van der Waals surface area contributed by atoms with Gasteiger partial charge >= 0.3 is 0 Å². The first-order valence-corrected chi connectivity index (χ1v) is 19.3. The zero-order chi connectivity index (χ0) is 37.7. The van der Waals surface area contributed by atoms with Gasteiger partial charge in [-0.25, -0.2) is 0 Å². The van der Waals surface area contributed by atoms with Crippen LogP contribution < -0.4 is 4.90 Å². The van der Waals surface area contributed by atoms with Gasteiger partial charge in [0.05, 0.1) is 0 Å². The van der Waals surface area contributed by atoms with Crippen LogP contribution in [0.5, 0.6) is 0 Å². The lowest BCUT2D eigenvalue weighted by atomic mass is 9.95. The minimum absolute atomic E-state index is 0.882. The minimum atomic E-state index is 0.882. The van der Waals surface area contributed by atoms with Crippen molar-refractivity contribution in [3.63, 3.8) is 0 Å². The third kappa shape index (κ3) is 5.94. The van der Waals surface area contributed by atoms with Gasteiger partial charge in [-0.3, -0.25) is 0 Å². The second-order valence-electron chi connectivity index (χ2n) is 14.5. The molecule has 2 heterocycles. The van der Waals surface area contributed by atoms with Gasteiger partial charge in [0, 0.05) is 38.6 Å². The van der Waals surface area contributed by atoms with Crippen molar-refractivity contribution < 1.29 is 8.83 Å². The van der Waals surface area contributed by atoms with E-state index in [2.05, 4.69) is 193 Å². The summed E-state index contributed by atoms with van der Waals surface area (Å²) < 4.78 is 12.5. The maximum atomic E-state index is 6.25. The van der Waals surface area contributed by atoms with Crippen molar-refractivity contribution in [2.75, 3.05) is 4.90 Å². The third-order valence-corrected chi connectivity index (χ3v) is 11.1. The van der Waals surface area contributed by atoms with E-state index in [1.165, 1.54) is 22.3 Å². The van der Waals surface area contributed by atoms with Gasteiger partial charge in [-0.05, 0) is 123 Å². The Balaban J connectivity index is 1.12. The average molecular weight is 730 g/mol. The van der Waals surface area contributed by atoms with Crippen LogP contribution >= 0.6 is 0 Å². The molecule has 0 unspecified atom stereocenters. The number of furan rings is 2. The van der Waals surface area contributed by atoms with E-state index in [-0.39, 0.29) is 0 Å². The number of nitrogens with zero attached hydrogens (tertiary/aromatic N) is 1. The number of hydrogen-bond acceptors (Lipinski definition) is 3. The number of anilines is 3. The monoisotopic (exact) mass is 729 g/mol. The maximum absolute atomic E-state index is 6.25. The average Bonchev–Trinajstić information content (AvgIpc) is 3.85. The van der Waals surface area contributed by atoms with Crippen LogP contribution in [-0.2, 0) is 0 Å². The van der Waals surface area contributed by atoms with E-state index >= 15 is 0 Å². The third-order valence-electron chi connectivity index (χ3n) is 11.1. The van der Waals surface area contributed by atoms with Gasteiger partial charge in [-0.15, -0.1) is 0 Å². The number of fused-ring (bicyclic) bond motifs is 6. The van der Waals surface area contributed by atoms with Crippen molar-refractivity contribution in [1.29, 1.82) is 0 Å². The Morgan fingerprint density at radius 3 is 1.05 bits per heavy atom. The van der Waals surface area contributed by atoms with E-state index < -0.39 is 0 Å². The maximum Gasteiger partial charge on any atom is 0.135 e. The Morgan fingerprint density at radius 1 is 0.228 bits per heavy atom. The second-order valence-corrected chi connectivity index (χ2v) is 14.5. The number of benzene rings is 9. The molecule has 11 rings (SSSR count). The van der Waals surface area contributed by atoms with E-state index in [1.807, 2.05) is 24.3 Å². The van der Waals surface area contributed by atoms with Gasteiger partial charge < -0.3 is 13.7 Å². The van der Waals surface area contributed by atoms with E-state index in [9.17, 15) is 0 Å². The van der Waals surface area contributed by atoms with Crippen molar-refractivity contribution >= 4 is 60.9 Å². The van der Waals surface area contributed by atoms with E-state index in [0.29, 0.717) is 0 Å². The molecular weight excluding hydrogens is 695 g/mol. The highest BCUT2D eigenvalue weighted by Crippen LogP contribution is 2.43. The van der Waals surface area contributed by atoms with Crippen molar-refractivity contribution in [1.82, 2.24) is 0 Å². The van der Waals surface area contributed by atoms with Crippen LogP contribution in [-0.4, -0.2) is 0 Å². The highest BCUT2D eigenvalue weighted by molar-refractivity contribution is 6.08. The van der Waals surface area contributed by atoms with Gasteiger partial charge in [0.1, 0.15) is 22.3 Å². The standard InChI is InChI=1S/C54H35NO2/c1-3-11-36(12-4-1)38-19-25-44(26-20-38)55(45-27-21-39(22-28-45)37-13-5-2-6-14-37)46-32-42(40-23-29-53-49(34-40)47-15-7-9-17-51(47)56-53)31-43(33-46)41-24-30-54-50(35-41)48-16-8-10-18-52(48)57-54/h1-35H. The van der Waals surface area contributed by atoms with Crippen LogP contribution in [0.4, 0.5) is 17.1 Å². The van der Waals surface area contributed by atoms with Crippen LogP contribution in [0, 0.1) is 0 Å². The zero-order valence-electron chi connectivity index (χ0n) is 31.0. The summed E-state index contributed by atoms with van der Waals surface area (Å²) in [5, 5.41) is 4.43. The highest BCUT2D eigenvalue weighted by Gasteiger charge is 2.18. The Bertz CT molecular complexity index is 3000. The molecule has 0 aliphatic rings. The molecule has 0 aliphatic carbocycles. The summed E-state index contributed by atoms with van der Waals surface area (Å²) in [5.41, 5.74) is 15.9. The fourth-order valence-electron chi connectivity index (χ4n) is 8.20. The molecule has 3 heteroatoms. The Kier molecular flexibility index (Phi) is 7.82. The molecule has 0 spiro atoms. The minimum Gasteiger partial charge on any atom is -0.456 e. The summed E-state index contributed by atoms with van der Waals surface area (Å²) >= 11 is 0. The normalized spacial score (nSPS) is 11.5. The number of para-hydroxylation sites is 2. The van der Waals surface area contributed by atoms with E-state index in [4.69, 9.17) is 8.83 Å². The highest BCUT2D eigenvalue weighted by atomic mass is 16.3. The van der Waals surface area contributed by atoms with Gasteiger partial charge in [-0.2, -0.15) is 0 Å². The van der Waals surface area contributed by atoms with Crippen LogP contribution in [0.1, 0.15) is 0 Å². The Hall–Kier alpha value is -7.62. The van der Waals surface area contributed by atoms with Crippen molar-refractivity contribution in [3.05, 3.63) is 212 Å². The molecule has 0 radical (unpaired) electrons.